The number of nitrogens with one attached hydrogen (secondary N) is 1. The second-order valence-electron chi connectivity index (χ2n) is 6.09. The van der Waals surface area contributed by atoms with Crippen molar-refractivity contribution in [1.82, 2.24) is 0 Å². The summed E-state index contributed by atoms with van der Waals surface area (Å²) in [6.07, 6.45) is 2.99. The molecular weight excluding hydrogens is 393 g/mol. The summed E-state index contributed by atoms with van der Waals surface area (Å²) in [7, 11) is 1.60. The van der Waals surface area contributed by atoms with Crippen LogP contribution >= 0.6 is 11.6 Å². The summed E-state index contributed by atoms with van der Waals surface area (Å²) in [5, 5.41) is 3.32. The number of carbonyl (C=O) groups is 1. The van der Waals surface area contributed by atoms with Crippen LogP contribution in [0, 0.1) is 5.82 Å². The zero-order valence-electron chi connectivity index (χ0n) is 15.7. The molecule has 3 aromatic rings. The average molecular weight is 412 g/mol. The summed E-state index contributed by atoms with van der Waals surface area (Å²) in [4.78, 5) is 12.4. The van der Waals surface area contributed by atoms with E-state index in [1.807, 2.05) is 24.3 Å². The van der Waals surface area contributed by atoms with Gasteiger partial charge in [-0.1, -0.05) is 29.8 Å². The molecule has 1 N–H and O–H groups in total. The summed E-state index contributed by atoms with van der Waals surface area (Å²) >= 11 is 6.00. The van der Waals surface area contributed by atoms with Crippen molar-refractivity contribution in [3.05, 3.63) is 101 Å². The molecule has 0 unspecified atom stereocenters. The number of methoxy groups -OCH3 is 1. The number of ether oxygens (including phenoxy) is 2. The minimum Gasteiger partial charge on any atom is -0.497 e. The molecule has 0 heterocycles. The lowest BCUT2D eigenvalue weighted by molar-refractivity contribution is 0.104. The summed E-state index contributed by atoms with van der Waals surface area (Å²) < 4.78 is 24.6. The number of hydrogen-bond donors (Lipinski definition) is 1. The van der Waals surface area contributed by atoms with Gasteiger partial charge in [0.05, 0.1) is 12.1 Å². The molecular formula is C23H19ClFNO3. The molecule has 0 aliphatic rings. The van der Waals surface area contributed by atoms with Crippen LogP contribution in [0.5, 0.6) is 11.5 Å². The fraction of sp³-hybridized carbons (Fsp3) is 0.0870. The van der Waals surface area contributed by atoms with Crippen LogP contribution in [0.1, 0.15) is 15.9 Å². The lowest BCUT2D eigenvalue weighted by Gasteiger charge is -2.09. The molecule has 0 saturated heterocycles. The molecule has 148 valence electrons. The maximum atomic E-state index is 13.8. The SMILES string of the molecule is COc1ccc(N/C=C/C(=O)c2cccc(OCc3c(F)cccc3Cl)c2)cc1. The van der Waals surface area contributed by atoms with Crippen molar-refractivity contribution in [1.29, 1.82) is 0 Å². The van der Waals surface area contributed by atoms with E-state index in [-0.39, 0.29) is 18.0 Å². The van der Waals surface area contributed by atoms with Gasteiger partial charge in [0.15, 0.2) is 5.78 Å². The van der Waals surface area contributed by atoms with Gasteiger partial charge >= 0.3 is 0 Å². The van der Waals surface area contributed by atoms with E-state index in [9.17, 15) is 9.18 Å². The number of halogens is 2. The molecule has 3 aromatic carbocycles. The average Bonchev–Trinajstić information content (AvgIpc) is 2.74. The van der Waals surface area contributed by atoms with Gasteiger partial charge in [0, 0.05) is 29.1 Å². The first kappa shape index (κ1) is 20.4. The van der Waals surface area contributed by atoms with Gasteiger partial charge in [-0.15, -0.1) is 0 Å². The van der Waals surface area contributed by atoms with Crippen molar-refractivity contribution in [3.8, 4) is 11.5 Å². The topological polar surface area (TPSA) is 47.6 Å². The quantitative estimate of drug-likeness (QED) is 0.371. The van der Waals surface area contributed by atoms with Crippen LogP contribution in [0.3, 0.4) is 0 Å². The Hall–Kier alpha value is -3.31. The number of hydrogen-bond acceptors (Lipinski definition) is 4. The zero-order valence-corrected chi connectivity index (χ0v) is 16.4. The van der Waals surface area contributed by atoms with Gasteiger partial charge in [0.25, 0.3) is 0 Å². The van der Waals surface area contributed by atoms with Crippen molar-refractivity contribution in [2.24, 2.45) is 0 Å². The summed E-state index contributed by atoms with van der Waals surface area (Å²) in [5.41, 5.74) is 1.55. The van der Waals surface area contributed by atoms with E-state index in [0.717, 1.165) is 11.4 Å². The minimum atomic E-state index is -0.433. The van der Waals surface area contributed by atoms with Gasteiger partial charge in [0.2, 0.25) is 0 Å². The third kappa shape index (κ3) is 5.59. The smallest absolute Gasteiger partial charge is 0.187 e. The van der Waals surface area contributed by atoms with Crippen molar-refractivity contribution >= 4 is 23.1 Å². The fourth-order valence-corrected chi connectivity index (χ4v) is 2.78. The highest BCUT2D eigenvalue weighted by atomic mass is 35.5. The molecule has 0 aliphatic heterocycles. The van der Waals surface area contributed by atoms with E-state index in [1.54, 1.807) is 43.6 Å². The van der Waals surface area contributed by atoms with Crippen LogP contribution in [0.4, 0.5) is 10.1 Å². The monoisotopic (exact) mass is 411 g/mol. The molecule has 0 bridgehead atoms. The van der Waals surface area contributed by atoms with E-state index < -0.39 is 5.82 Å². The minimum absolute atomic E-state index is 0.0297. The van der Waals surface area contributed by atoms with Crippen molar-refractivity contribution in [2.45, 2.75) is 6.61 Å². The molecule has 29 heavy (non-hydrogen) atoms. The summed E-state index contributed by atoms with van der Waals surface area (Å²) in [6, 6.07) is 18.5. The maximum Gasteiger partial charge on any atom is 0.187 e. The second kappa shape index (κ2) is 9.75. The van der Waals surface area contributed by atoms with Gasteiger partial charge < -0.3 is 14.8 Å². The lowest BCUT2D eigenvalue weighted by Crippen LogP contribution is -2.01. The molecule has 4 nitrogen and oxygen atoms in total. The molecule has 3 rings (SSSR count). The van der Waals surface area contributed by atoms with Crippen molar-refractivity contribution < 1.29 is 18.7 Å². The van der Waals surface area contributed by atoms with Crippen molar-refractivity contribution in [3.63, 3.8) is 0 Å². The Kier molecular flexibility index (Phi) is 6.87. The Morgan fingerprint density at radius 1 is 1.07 bits per heavy atom. The van der Waals surface area contributed by atoms with Gasteiger partial charge in [-0.05, 0) is 48.5 Å². The number of anilines is 1. The predicted molar refractivity (Wildman–Crippen MR) is 112 cm³/mol. The Morgan fingerprint density at radius 2 is 1.83 bits per heavy atom. The number of benzene rings is 3. The molecule has 0 fully saturated rings. The molecule has 6 heteroatoms. The van der Waals surface area contributed by atoms with E-state index in [0.29, 0.717) is 16.3 Å². The highest BCUT2D eigenvalue weighted by molar-refractivity contribution is 6.31. The largest absolute Gasteiger partial charge is 0.497 e. The van der Waals surface area contributed by atoms with Gasteiger partial charge in [-0.3, -0.25) is 4.79 Å². The first-order valence-corrected chi connectivity index (χ1v) is 9.22. The number of ketones is 1. The molecule has 0 atom stereocenters. The van der Waals surface area contributed by atoms with E-state index in [1.165, 1.54) is 18.2 Å². The maximum absolute atomic E-state index is 13.8. The second-order valence-corrected chi connectivity index (χ2v) is 6.49. The normalized spacial score (nSPS) is 10.7. The molecule has 0 saturated carbocycles. The Bertz CT molecular complexity index is 999. The first-order chi connectivity index (χ1) is 14.1. The summed E-state index contributed by atoms with van der Waals surface area (Å²) in [6.45, 7) is -0.0297. The van der Waals surface area contributed by atoms with Crippen LogP contribution in [0.15, 0.2) is 79.0 Å². The first-order valence-electron chi connectivity index (χ1n) is 8.84. The van der Waals surface area contributed by atoms with Gasteiger partial charge in [-0.2, -0.15) is 0 Å². The van der Waals surface area contributed by atoms with Crippen LogP contribution in [-0.2, 0) is 6.61 Å². The van der Waals surface area contributed by atoms with E-state index in [2.05, 4.69) is 5.32 Å². The van der Waals surface area contributed by atoms with Crippen molar-refractivity contribution in [2.75, 3.05) is 12.4 Å². The summed E-state index contributed by atoms with van der Waals surface area (Å²) in [5.74, 6) is 0.577. The van der Waals surface area contributed by atoms with Gasteiger partial charge in [-0.25, -0.2) is 4.39 Å². The molecule has 0 spiro atoms. The Morgan fingerprint density at radius 3 is 2.55 bits per heavy atom. The van der Waals surface area contributed by atoms with Crippen LogP contribution in [0.2, 0.25) is 5.02 Å². The lowest BCUT2D eigenvalue weighted by atomic mass is 10.1. The molecule has 0 aromatic heterocycles. The van der Waals surface area contributed by atoms with E-state index >= 15 is 0 Å². The van der Waals surface area contributed by atoms with E-state index in [4.69, 9.17) is 21.1 Å². The van der Waals surface area contributed by atoms with Crippen LogP contribution in [0.25, 0.3) is 0 Å². The predicted octanol–water partition coefficient (Wildman–Crippen LogP) is 5.88. The number of allylic oxidation sites excluding steroid dienone is 1. The molecule has 0 radical (unpaired) electrons. The Labute approximate surface area is 173 Å². The van der Waals surface area contributed by atoms with Crippen LogP contribution < -0.4 is 14.8 Å². The standard InChI is InChI=1S/C23H19ClFNO3/c1-28-18-10-8-17(9-11-18)26-13-12-23(27)16-4-2-5-19(14-16)29-15-20-21(24)6-3-7-22(20)25/h2-14,26H,15H2,1H3/b13-12+. The Balaban J connectivity index is 1.61. The number of rotatable bonds is 8. The third-order valence-electron chi connectivity index (χ3n) is 4.14. The molecule has 0 aliphatic carbocycles. The highest BCUT2D eigenvalue weighted by Crippen LogP contribution is 2.22. The number of carbonyl (C=O) groups excluding carboxylic acids is 1. The zero-order chi connectivity index (χ0) is 20.6. The molecule has 0 amide bonds. The third-order valence-corrected chi connectivity index (χ3v) is 4.49. The fourth-order valence-electron chi connectivity index (χ4n) is 2.56. The van der Waals surface area contributed by atoms with Crippen LogP contribution in [-0.4, -0.2) is 12.9 Å². The highest BCUT2D eigenvalue weighted by Gasteiger charge is 2.09. The van der Waals surface area contributed by atoms with Gasteiger partial charge in [0.1, 0.15) is 23.9 Å².